The Kier molecular flexibility index (Phi) is 3.20. The molecule has 19 heavy (non-hydrogen) atoms. The first-order valence-corrected chi connectivity index (χ1v) is 6.32. The fraction of sp³-hybridized carbons (Fsp3) is 0.214. The summed E-state index contributed by atoms with van der Waals surface area (Å²) in [7, 11) is 0. The van der Waals surface area contributed by atoms with Crippen LogP contribution in [-0.4, -0.2) is 26.1 Å². The van der Waals surface area contributed by atoms with Crippen molar-refractivity contribution >= 4 is 11.0 Å². The Morgan fingerprint density at radius 3 is 2.68 bits per heavy atom. The summed E-state index contributed by atoms with van der Waals surface area (Å²) in [6.07, 6.45) is 5.45. The Labute approximate surface area is 111 Å². The molecule has 0 aliphatic heterocycles. The summed E-state index contributed by atoms with van der Waals surface area (Å²) in [4.78, 5) is 13.1. The summed E-state index contributed by atoms with van der Waals surface area (Å²) >= 11 is 0. The predicted molar refractivity (Wildman–Crippen MR) is 74.0 cm³/mol. The number of imidazole rings is 1. The van der Waals surface area contributed by atoms with E-state index in [1.54, 1.807) is 6.33 Å². The Bertz CT molecular complexity index is 672. The van der Waals surface area contributed by atoms with Crippen LogP contribution in [0.4, 0.5) is 0 Å². The molecule has 2 aromatic heterocycles. The molecule has 0 spiro atoms. The van der Waals surface area contributed by atoms with Crippen LogP contribution in [-0.2, 0) is 6.54 Å². The topological polar surface area (TPSA) is 55.6 Å². The highest BCUT2D eigenvalue weighted by Crippen LogP contribution is 2.14. The Morgan fingerprint density at radius 1 is 1.11 bits per heavy atom. The van der Waals surface area contributed by atoms with Crippen molar-refractivity contribution in [2.24, 2.45) is 0 Å². The van der Waals surface area contributed by atoms with E-state index in [9.17, 15) is 0 Å². The van der Waals surface area contributed by atoms with E-state index in [4.69, 9.17) is 0 Å². The highest BCUT2D eigenvalue weighted by atomic mass is 15.2. The largest absolute Gasteiger partial charge is 0.313 e. The van der Waals surface area contributed by atoms with Gasteiger partial charge >= 0.3 is 0 Å². The van der Waals surface area contributed by atoms with E-state index in [2.05, 4.69) is 27.2 Å². The van der Waals surface area contributed by atoms with E-state index in [0.29, 0.717) is 5.95 Å². The molecule has 0 saturated carbocycles. The van der Waals surface area contributed by atoms with E-state index in [0.717, 1.165) is 29.7 Å². The van der Waals surface area contributed by atoms with Gasteiger partial charge in [-0.2, -0.15) is 0 Å². The molecule has 0 unspecified atom stereocenters. The van der Waals surface area contributed by atoms with E-state index < -0.39 is 0 Å². The average molecular weight is 253 g/mol. The average Bonchev–Trinajstić information content (AvgIpc) is 2.90. The number of aromatic nitrogens is 4. The normalized spacial score (nSPS) is 11.0. The highest BCUT2D eigenvalue weighted by molar-refractivity contribution is 5.76. The van der Waals surface area contributed by atoms with E-state index in [1.807, 2.05) is 41.2 Å². The first kappa shape index (κ1) is 11.8. The Balaban J connectivity index is 1.93. The minimum Gasteiger partial charge on any atom is -0.313 e. The van der Waals surface area contributed by atoms with Gasteiger partial charge in [0.25, 0.3) is 0 Å². The summed E-state index contributed by atoms with van der Waals surface area (Å²) in [5, 5.41) is 3.25. The van der Waals surface area contributed by atoms with Gasteiger partial charge in [0.15, 0.2) is 0 Å². The molecule has 0 aliphatic rings. The molecule has 0 fully saturated rings. The van der Waals surface area contributed by atoms with Crippen molar-refractivity contribution in [3.63, 3.8) is 0 Å². The van der Waals surface area contributed by atoms with E-state index >= 15 is 0 Å². The zero-order chi connectivity index (χ0) is 13.1. The molecule has 0 bridgehead atoms. The standard InChI is InChI=1S/C14H15N5/c1-2-15-7-11-8-16-14(17-9-11)19-10-18-12-5-3-4-6-13(12)19/h3-6,8-10,15H,2,7H2,1H3. The SMILES string of the molecule is CCNCc1cnc(-n2cnc3ccccc32)nc1. The molecule has 5 nitrogen and oxygen atoms in total. The summed E-state index contributed by atoms with van der Waals surface area (Å²) in [6, 6.07) is 7.95. The number of nitrogens with one attached hydrogen (secondary N) is 1. The highest BCUT2D eigenvalue weighted by Gasteiger charge is 2.05. The van der Waals surface area contributed by atoms with Crippen molar-refractivity contribution in [3.8, 4) is 5.95 Å². The maximum absolute atomic E-state index is 4.40. The number of para-hydroxylation sites is 2. The Hall–Kier alpha value is -2.27. The second kappa shape index (κ2) is 5.16. The number of benzene rings is 1. The van der Waals surface area contributed by atoms with Crippen LogP contribution in [0.1, 0.15) is 12.5 Å². The molecule has 96 valence electrons. The summed E-state index contributed by atoms with van der Waals surface area (Å²) in [6.45, 7) is 3.81. The van der Waals surface area contributed by atoms with Crippen LogP contribution in [0.2, 0.25) is 0 Å². The number of hydrogen-bond donors (Lipinski definition) is 1. The van der Waals surface area contributed by atoms with Crippen LogP contribution in [0.15, 0.2) is 43.0 Å². The fourth-order valence-electron chi connectivity index (χ4n) is 1.95. The third-order valence-electron chi connectivity index (χ3n) is 2.94. The van der Waals surface area contributed by atoms with E-state index in [1.165, 1.54) is 0 Å². The third kappa shape index (κ3) is 2.32. The van der Waals surface area contributed by atoms with Gasteiger partial charge in [-0.05, 0) is 18.7 Å². The van der Waals surface area contributed by atoms with Crippen LogP contribution in [0.25, 0.3) is 17.0 Å². The quantitative estimate of drug-likeness (QED) is 0.772. The van der Waals surface area contributed by atoms with Crippen molar-refractivity contribution in [2.75, 3.05) is 6.54 Å². The van der Waals surface area contributed by atoms with Gasteiger partial charge < -0.3 is 5.32 Å². The molecule has 1 aromatic carbocycles. The van der Waals surface area contributed by atoms with Gasteiger partial charge in [-0.25, -0.2) is 15.0 Å². The van der Waals surface area contributed by atoms with Crippen molar-refractivity contribution in [1.82, 2.24) is 24.8 Å². The van der Waals surface area contributed by atoms with Gasteiger partial charge in [0.2, 0.25) is 5.95 Å². The molecular formula is C14H15N5. The van der Waals surface area contributed by atoms with Gasteiger partial charge in [-0.1, -0.05) is 19.1 Å². The first-order valence-electron chi connectivity index (χ1n) is 6.32. The van der Waals surface area contributed by atoms with Crippen LogP contribution in [0.3, 0.4) is 0 Å². The lowest BCUT2D eigenvalue weighted by Crippen LogP contribution is -2.12. The number of nitrogens with zero attached hydrogens (tertiary/aromatic N) is 4. The molecular weight excluding hydrogens is 238 g/mol. The molecule has 1 N–H and O–H groups in total. The van der Waals surface area contributed by atoms with Crippen molar-refractivity contribution in [3.05, 3.63) is 48.5 Å². The maximum atomic E-state index is 4.40. The lowest BCUT2D eigenvalue weighted by atomic mass is 10.3. The lowest BCUT2D eigenvalue weighted by molar-refractivity contribution is 0.719. The molecule has 0 aliphatic carbocycles. The number of hydrogen-bond acceptors (Lipinski definition) is 4. The van der Waals surface area contributed by atoms with Crippen LogP contribution in [0, 0.1) is 0 Å². The van der Waals surface area contributed by atoms with Crippen molar-refractivity contribution in [1.29, 1.82) is 0 Å². The predicted octanol–water partition coefficient (Wildman–Crippen LogP) is 1.93. The van der Waals surface area contributed by atoms with E-state index in [-0.39, 0.29) is 0 Å². The van der Waals surface area contributed by atoms with Crippen LogP contribution in [0.5, 0.6) is 0 Å². The summed E-state index contributed by atoms with van der Waals surface area (Å²) in [5.74, 6) is 0.647. The molecule has 3 aromatic rings. The zero-order valence-electron chi connectivity index (χ0n) is 10.7. The molecule has 5 heteroatoms. The number of rotatable bonds is 4. The van der Waals surface area contributed by atoms with Gasteiger partial charge in [0, 0.05) is 24.5 Å². The molecule has 0 saturated heterocycles. The molecule has 2 heterocycles. The van der Waals surface area contributed by atoms with Gasteiger partial charge in [0.1, 0.15) is 6.33 Å². The van der Waals surface area contributed by atoms with Crippen LogP contribution < -0.4 is 5.32 Å². The summed E-state index contributed by atoms with van der Waals surface area (Å²) < 4.78 is 1.90. The minimum absolute atomic E-state index is 0.647. The smallest absolute Gasteiger partial charge is 0.235 e. The molecule has 0 amide bonds. The van der Waals surface area contributed by atoms with Crippen LogP contribution >= 0.6 is 0 Å². The first-order chi connectivity index (χ1) is 9.38. The summed E-state index contributed by atoms with van der Waals surface area (Å²) in [5.41, 5.74) is 3.04. The lowest BCUT2D eigenvalue weighted by Gasteiger charge is -2.04. The monoisotopic (exact) mass is 253 g/mol. The maximum Gasteiger partial charge on any atom is 0.235 e. The zero-order valence-corrected chi connectivity index (χ0v) is 10.7. The molecule has 0 atom stereocenters. The van der Waals surface area contributed by atoms with Gasteiger partial charge in [0.05, 0.1) is 11.0 Å². The second-order valence-electron chi connectivity index (χ2n) is 4.27. The minimum atomic E-state index is 0.647. The van der Waals surface area contributed by atoms with Crippen molar-refractivity contribution in [2.45, 2.75) is 13.5 Å². The molecule has 0 radical (unpaired) electrons. The fourth-order valence-corrected chi connectivity index (χ4v) is 1.95. The Morgan fingerprint density at radius 2 is 1.89 bits per heavy atom. The number of fused-ring (bicyclic) bond motifs is 1. The third-order valence-corrected chi connectivity index (χ3v) is 2.94. The van der Waals surface area contributed by atoms with Gasteiger partial charge in [-0.3, -0.25) is 4.57 Å². The van der Waals surface area contributed by atoms with Crippen molar-refractivity contribution < 1.29 is 0 Å². The molecule has 3 rings (SSSR count). The second-order valence-corrected chi connectivity index (χ2v) is 4.27. The van der Waals surface area contributed by atoms with Gasteiger partial charge in [-0.15, -0.1) is 0 Å².